The molecule has 0 bridgehead atoms. The summed E-state index contributed by atoms with van der Waals surface area (Å²) in [6.07, 6.45) is 5.02. The van der Waals surface area contributed by atoms with Crippen LogP contribution in [-0.4, -0.2) is 30.0 Å². The van der Waals surface area contributed by atoms with Crippen LogP contribution < -0.4 is 16.0 Å². The van der Waals surface area contributed by atoms with E-state index in [9.17, 15) is 9.18 Å². The zero-order valence-corrected chi connectivity index (χ0v) is 12.7. The normalized spacial score (nSPS) is 17.8. The number of benzene rings is 1. The Kier molecular flexibility index (Phi) is 4.41. The van der Waals surface area contributed by atoms with Gasteiger partial charge in [0.25, 0.3) is 5.91 Å². The van der Waals surface area contributed by atoms with Crippen LogP contribution in [-0.2, 0) is 0 Å². The first-order valence-corrected chi connectivity index (χ1v) is 7.65. The number of pyridine rings is 1. The number of primary amides is 1. The number of hydrogen-bond acceptors (Lipinski definition) is 4. The molecule has 23 heavy (non-hydrogen) atoms. The number of hydrogen-bond donors (Lipinski definition) is 2. The highest BCUT2D eigenvalue weighted by molar-refractivity contribution is 5.98. The summed E-state index contributed by atoms with van der Waals surface area (Å²) in [7, 11) is 0. The molecule has 2 aromatic rings. The first kappa shape index (κ1) is 15.3. The van der Waals surface area contributed by atoms with Gasteiger partial charge in [-0.15, -0.1) is 0 Å². The van der Waals surface area contributed by atoms with E-state index in [0.29, 0.717) is 23.5 Å². The third kappa shape index (κ3) is 3.41. The summed E-state index contributed by atoms with van der Waals surface area (Å²) in [5.74, 6) is -0.705. The van der Waals surface area contributed by atoms with Crippen LogP contribution >= 0.6 is 0 Å². The Balaban J connectivity index is 1.75. The number of rotatable bonds is 4. The molecule has 2 heterocycles. The average Bonchev–Trinajstić information content (AvgIpc) is 2.56. The molecular formula is C17H19FN4O. The Bertz CT molecular complexity index is 706. The van der Waals surface area contributed by atoms with Crippen LogP contribution in [0.1, 0.15) is 23.2 Å². The fourth-order valence-electron chi connectivity index (χ4n) is 2.97. The van der Waals surface area contributed by atoms with Crippen molar-refractivity contribution in [3.63, 3.8) is 0 Å². The monoisotopic (exact) mass is 314 g/mol. The topological polar surface area (TPSA) is 71.2 Å². The molecule has 1 aliphatic rings. The maximum absolute atomic E-state index is 14.0. The van der Waals surface area contributed by atoms with Crippen molar-refractivity contribution in [2.45, 2.75) is 18.9 Å². The van der Waals surface area contributed by atoms with E-state index in [4.69, 9.17) is 5.73 Å². The minimum absolute atomic E-state index is 0.102. The number of anilines is 2. The number of aromatic nitrogens is 1. The van der Waals surface area contributed by atoms with Crippen molar-refractivity contribution < 1.29 is 9.18 Å². The van der Waals surface area contributed by atoms with Crippen molar-refractivity contribution in [3.05, 3.63) is 54.1 Å². The average molecular weight is 314 g/mol. The molecule has 6 heteroatoms. The Morgan fingerprint density at radius 3 is 2.96 bits per heavy atom. The van der Waals surface area contributed by atoms with E-state index in [2.05, 4.69) is 10.3 Å². The summed E-state index contributed by atoms with van der Waals surface area (Å²) < 4.78 is 14.0. The predicted octanol–water partition coefficient (Wildman–Crippen LogP) is 2.40. The number of nitrogens with zero attached hydrogens (tertiary/aromatic N) is 2. The number of halogens is 1. The molecule has 1 aliphatic heterocycles. The highest BCUT2D eigenvalue weighted by Crippen LogP contribution is 2.25. The summed E-state index contributed by atoms with van der Waals surface area (Å²) in [6, 6.07) is 8.48. The third-order valence-corrected chi connectivity index (χ3v) is 4.06. The number of carbonyl (C=O) groups excluding carboxylic acids is 1. The molecule has 5 nitrogen and oxygen atoms in total. The van der Waals surface area contributed by atoms with Gasteiger partial charge in [-0.1, -0.05) is 12.1 Å². The van der Waals surface area contributed by atoms with Crippen molar-refractivity contribution in [2.24, 2.45) is 5.73 Å². The molecule has 1 amide bonds. The van der Waals surface area contributed by atoms with Gasteiger partial charge in [-0.25, -0.2) is 4.39 Å². The minimum atomic E-state index is -0.489. The molecule has 3 N–H and O–H groups in total. The Hall–Kier alpha value is -2.63. The Labute approximate surface area is 134 Å². The first-order chi connectivity index (χ1) is 11.1. The molecule has 0 aliphatic carbocycles. The molecule has 1 atom stereocenters. The van der Waals surface area contributed by atoms with E-state index in [0.717, 1.165) is 19.4 Å². The van der Waals surface area contributed by atoms with Crippen molar-refractivity contribution in [2.75, 3.05) is 23.3 Å². The number of carbonyl (C=O) groups is 1. The van der Waals surface area contributed by atoms with Gasteiger partial charge in [0.2, 0.25) is 0 Å². The van der Waals surface area contributed by atoms with E-state index in [1.165, 1.54) is 12.3 Å². The fraction of sp³-hybridized carbons (Fsp3) is 0.294. The highest BCUT2D eigenvalue weighted by atomic mass is 19.1. The molecule has 0 saturated carbocycles. The molecule has 1 aromatic carbocycles. The zero-order chi connectivity index (χ0) is 16.2. The second-order valence-electron chi connectivity index (χ2n) is 5.67. The van der Waals surface area contributed by atoms with Gasteiger partial charge in [-0.05, 0) is 31.0 Å². The second-order valence-corrected chi connectivity index (χ2v) is 5.67. The largest absolute Gasteiger partial charge is 0.379 e. The van der Waals surface area contributed by atoms with Crippen LogP contribution in [0.15, 0.2) is 42.7 Å². The van der Waals surface area contributed by atoms with Gasteiger partial charge in [0, 0.05) is 25.3 Å². The first-order valence-electron chi connectivity index (χ1n) is 7.65. The van der Waals surface area contributed by atoms with E-state index in [1.807, 2.05) is 11.0 Å². The van der Waals surface area contributed by atoms with Crippen LogP contribution in [0.2, 0.25) is 0 Å². The lowest BCUT2D eigenvalue weighted by Crippen LogP contribution is -2.42. The maximum Gasteiger partial charge on any atom is 0.250 e. The van der Waals surface area contributed by atoms with Gasteiger partial charge in [0.1, 0.15) is 5.82 Å². The smallest absolute Gasteiger partial charge is 0.250 e. The molecule has 1 saturated heterocycles. The van der Waals surface area contributed by atoms with Crippen molar-refractivity contribution in [1.29, 1.82) is 0 Å². The van der Waals surface area contributed by atoms with Gasteiger partial charge in [-0.3, -0.25) is 9.78 Å². The van der Waals surface area contributed by atoms with Crippen LogP contribution in [0, 0.1) is 5.82 Å². The van der Waals surface area contributed by atoms with E-state index in [1.54, 1.807) is 24.4 Å². The van der Waals surface area contributed by atoms with E-state index < -0.39 is 5.91 Å². The summed E-state index contributed by atoms with van der Waals surface area (Å²) in [5, 5.41) is 3.32. The molecule has 120 valence electrons. The molecule has 0 spiro atoms. The Morgan fingerprint density at radius 1 is 1.35 bits per heavy atom. The SMILES string of the molecule is NC(=O)c1ccncc1NC1CCCN(c2ccccc2F)C1. The van der Waals surface area contributed by atoms with Gasteiger partial charge >= 0.3 is 0 Å². The quantitative estimate of drug-likeness (QED) is 0.909. The van der Waals surface area contributed by atoms with Crippen LogP contribution in [0.4, 0.5) is 15.8 Å². The fourth-order valence-corrected chi connectivity index (χ4v) is 2.97. The number of nitrogens with two attached hydrogens (primary N) is 1. The molecule has 1 fully saturated rings. The molecular weight excluding hydrogens is 295 g/mol. The van der Waals surface area contributed by atoms with Gasteiger partial charge in [-0.2, -0.15) is 0 Å². The van der Waals surface area contributed by atoms with Gasteiger partial charge < -0.3 is 16.0 Å². The summed E-state index contributed by atoms with van der Waals surface area (Å²) in [4.78, 5) is 17.6. The lowest BCUT2D eigenvalue weighted by molar-refractivity contribution is 0.100. The van der Waals surface area contributed by atoms with Crippen molar-refractivity contribution in [3.8, 4) is 0 Å². The zero-order valence-electron chi connectivity index (χ0n) is 12.7. The molecule has 0 radical (unpaired) electrons. The second kappa shape index (κ2) is 6.64. The summed E-state index contributed by atoms with van der Waals surface area (Å²) in [6.45, 7) is 1.48. The number of amides is 1. The van der Waals surface area contributed by atoms with E-state index in [-0.39, 0.29) is 11.9 Å². The van der Waals surface area contributed by atoms with Crippen LogP contribution in [0.3, 0.4) is 0 Å². The number of nitrogens with one attached hydrogen (secondary N) is 1. The maximum atomic E-state index is 14.0. The molecule has 1 unspecified atom stereocenters. The molecule has 3 rings (SSSR count). The third-order valence-electron chi connectivity index (χ3n) is 4.06. The number of para-hydroxylation sites is 1. The Morgan fingerprint density at radius 2 is 2.17 bits per heavy atom. The van der Waals surface area contributed by atoms with E-state index >= 15 is 0 Å². The molecule has 1 aromatic heterocycles. The lowest BCUT2D eigenvalue weighted by Gasteiger charge is -2.35. The van der Waals surface area contributed by atoms with Crippen LogP contribution in [0.5, 0.6) is 0 Å². The van der Waals surface area contributed by atoms with Crippen molar-refractivity contribution >= 4 is 17.3 Å². The standard InChI is InChI=1S/C17H19FN4O/c18-14-5-1-2-6-16(14)22-9-3-4-12(11-22)21-15-10-20-8-7-13(15)17(19)23/h1-2,5-8,10,12,21H,3-4,9,11H2,(H2,19,23). The highest BCUT2D eigenvalue weighted by Gasteiger charge is 2.23. The lowest BCUT2D eigenvalue weighted by atomic mass is 10.0. The summed E-state index contributed by atoms with van der Waals surface area (Å²) in [5.41, 5.74) is 7.05. The minimum Gasteiger partial charge on any atom is -0.379 e. The van der Waals surface area contributed by atoms with Crippen LogP contribution in [0.25, 0.3) is 0 Å². The van der Waals surface area contributed by atoms with Crippen molar-refractivity contribution in [1.82, 2.24) is 4.98 Å². The summed E-state index contributed by atoms with van der Waals surface area (Å²) >= 11 is 0. The van der Waals surface area contributed by atoms with Gasteiger partial charge in [0.15, 0.2) is 0 Å². The number of piperidine rings is 1. The predicted molar refractivity (Wildman–Crippen MR) is 88.0 cm³/mol. The van der Waals surface area contributed by atoms with Gasteiger partial charge in [0.05, 0.1) is 23.1 Å².